The molecule has 3 aromatic carbocycles. The first-order valence-corrected chi connectivity index (χ1v) is 9.21. The van der Waals surface area contributed by atoms with Crippen molar-refractivity contribution >= 4 is 0 Å². The first-order valence-electron chi connectivity index (χ1n) is 9.21. The molecule has 0 saturated carbocycles. The van der Waals surface area contributed by atoms with E-state index in [1.54, 1.807) is 0 Å². The van der Waals surface area contributed by atoms with Crippen LogP contribution in [-0.4, -0.2) is 0 Å². The average Bonchev–Trinajstić information content (AvgIpc) is 3.03. The van der Waals surface area contributed by atoms with Crippen molar-refractivity contribution in [1.82, 2.24) is 0 Å². The molecule has 0 aliphatic heterocycles. The van der Waals surface area contributed by atoms with Gasteiger partial charge in [-0.1, -0.05) is 122 Å². The summed E-state index contributed by atoms with van der Waals surface area (Å²) in [4.78, 5) is 0. The van der Waals surface area contributed by atoms with E-state index in [9.17, 15) is 0 Å². The molecule has 0 spiro atoms. The quantitative estimate of drug-likeness (QED) is 0.443. The summed E-state index contributed by atoms with van der Waals surface area (Å²) >= 11 is 0. The summed E-state index contributed by atoms with van der Waals surface area (Å²) in [5, 5.41) is 0. The van der Waals surface area contributed by atoms with Crippen molar-refractivity contribution in [2.45, 2.75) is 5.41 Å². The maximum absolute atomic E-state index is 3.98. The van der Waals surface area contributed by atoms with Gasteiger partial charge >= 0.3 is 0 Å². The third-order valence-electron chi connectivity index (χ3n) is 5.30. The van der Waals surface area contributed by atoms with Crippen LogP contribution >= 0.6 is 0 Å². The maximum atomic E-state index is 3.98. The lowest BCUT2D eigenvalue weighted by Gasteiger charge is -2.34. The Kier molecular flexibility index (Phi) is 4.48. The molecule has 0 heterocycles. The van der Waals surface area contributed by atoms with Gasteiger partial charge in [0.15, 0.2) is 0 Å². The van der Waals surface area contributed by atoms with Gasteiger partial charge < -0.3 is 0 Å². The predicted molar refractivity (Wildman–Crippen MR) is 116 cm³/mol. The van der Waals surface area contributed by atoms with Crippen LogP contribution < -0.4 is 0 Å². The van der Waals surface area contributed by atoms with Gasteiger partial charge in [-0.2, -0.15) is 0 Å². The molecule has 0 bridgehead atoms. The van der Waals surface area contributed by atoms with Crippen LogP contribution in [0.2, 0.25) is 0 Å². The van der Waals surface area contributed by atoms with Crippen molar-refractivity contribution in [3.05, 3.63) is 145 Å². The van der Waals surface area contributed by atoms with E-state index in [0.29, 0.717) is 0 Å². The van der Waals surface area contributed by atoms with Gasteiger partial charge in [-0.25, -0.2) is 0 Å². The van der Waals surface area contributed by atoms with Crippen LogP contribution in [0, 0.1) is 0 Å². The molecule has 130 valence electrons. The summed E-state index contributed by atoms with van der Waals surface area (Å²) in [5.74, 6) is 0. The molecule has 4 rings (SSSR count). The van der Waals surface area contributed by atoms with Crippen molar-refractivity contribution in [2.24, 2.45) is 0 Å². The lowest BCUT2D eigenvalue weighted by atomic mass is 9.67. The van der Waals surface area contributed by atoms with Crippen LogP contribution in [0.25, 0.3) is 11.1 Å². The molecular formula is C27H22. The van der Waals surface area contributed by atoms with Crippen LogP contribution in [0.3, 0.4) is 0 Å². The molecule has 0 amide bonds. The normalized spacial score (nSPS) is 14.6. The van der Waals surface area contributed by atoms with Gasteiger partial charge in [0.05, 0.1) is 5.41 Å². The molecule has 0 unspecified atom stereocenters. The zero-order valence-electron chi connectivity index (χ0n) is 15.3. The minimum absolute atomic E-state index is 0.373. The molecule has 0 fully saturated rings. The molecule has 1 aliphatic rings. The molecule has 0 aromatic heterocycles. The summed E-state index contributed by atoms with van der Waals surface area (Å²) in [6.07, 6.45) is 9.97. The van der Waals surface area contributed by atoms with Crippen LogP contribution in [0.15, 0.2) is 128 Å². The Labute approximate surface area is 161 Å². The van der Waals surface area contributed by atoms with Gasteiger partial charge in [0.1, 0.15) is 0 Å². The van der Waals surface area contributed by atoms with E-state index in [1.807, 2.05) is 18.2 Å². The Morgan fingerprint density at radius 1 is 0.667 bits per heavy atom. The third kappa shape index (κ3) is 2.53. The number of hydrogen-bond acceptors (Lipinski definition) is 0. The second-order valence-corrected chi connectivity index (χ2v) is 6.66. The summed E-state index contributed by atoms with van der Waals surface area (Å²) in [7, 11) is 0. The molecule has 0 nitrogen and oxygen atoms in total. The molecule has 0 atom stereocenters. The Morgan fingerprint density at radius 2 is 1.22 bits per heavy atom. The average molecular weight is 346 g/mol. The minimum atomic E-state index is -0.373. The minimum Gasteiger partial charge on any atom is -0.0991 e. The Balaban J connectivity index is 2.18. The molecule has 3 aromatic rings. The van der Waals surface area contributed by atoms with E-state index in [2.05, 4.69) is 104 Å². The highest BCUT2D eigenvalue weighted by Crippen LogP contribution is 2.56. The first-order chi connectivity index (χ1) is 13.3. The highest BCUT2D eigenvalue weighted by Gasteiger charge is 2.46. The number of hydrogen-bond donors (Lipinski definition) is 0. The number of benzene rings is 3. The van der Waals surface area contributed by atoms with Gasteiger partial charge in [0.2, 0.25) is 0 Å². The summed E-state index contributed by atoms with van der Waals surface area (Å²) in [6.45, 7) is 7.84. The van der Waals surface area contributed by atoms with Crippen molar-refractivity contribution in [1.29, 1.82) is 0 Å². The van der Waals surface area contributed by atoms with E-state index in [1.165, 1.54) is 33.4 Å². The highest BCUT2D eigenvalue weighted by molar-refractivity contribution is 5.86. The topological polar surface area (TPSA) is 0 Å². The van der Waals surface area contributed by atoms with Gasteiger partial charge in [0.25, 0.3) is 0 Å². The summed E-state index contributed by atoms with van der Waals surface area (Å²) < 4.78 is 0. The second kappa shape index (κ2) is 7.09. The zero-order valence-corrected chi connectivity index (χ0v) is 15.3. The maximum Gasteiger partial charge on any atom is 0.0713 e. The molecule has 1 aliphatic carbocycles. The Bertz CT molecular complexity index is 1000. The monoisotopic (exact) mass is 346 g/mol. The lowest BCUT2D eigenvalue weighted by molar-refractivity contribution is 0.767. The molecule has 0 radical (unpaired) electrons. The van der Waals surface area contributed by atoms with Crippen LogP contribution in [-0.2, 0) is 5.41 Å². The summed E-state index contributed by atoms with van der Waals surface area (Å²) in [6, 6.07) is 28.2. The van der Waals surface area contributed by atoms with E-state index < -0.39 is 0 Å². The van der Waals surface area contributed by atoms with Crippen LogP contribution in [0.4, 0.5) is 0 Å². The molecule has 27 heavy (non-hydrogen) atoms. The molecule has 0 heteroatoms. The lowest BCUT2D eigenvalue weighted by Crippen LogP contribution is -2.29. The third-order valence-corrected chi connectivity index (χ3v) is 5.30. The van der Waals surface area contributed by atoms with Gasteiger partial charge in [0, 0.05) is 0 Å². The van der Waals surface area contributed by atoms with Crippen molar-refractivity contribution in [2.75, 3.05) is 0 Å². The smallest absolute Gasteiger partial charge is 0.0713 e. The molecular weight excluding hydrogens is 324 g/mol. The van der Waals surface area contributed by atoms with E-state index in [0.717, 1.165) is 0 Å². The largest absolute Gasteiger partial charge is 0.0991 e. The fourth-order valence-electron chi connectivity index (χ4n) is 4.32. The summed E-state index contributed by atoms with van der Waals surface area (Å²) in [5.41, 5.74) is 7.25. The SMILES string of the molecule is C=C/C=C\C(=C/C=C)C1(c2ccccc2)c2ccccc2-c2ccccc21. The van der Waals surface area contributed by atoms with Crippen molar-refractivity contribution in [3.63, 3.8) is 0 Å². The van der Waals surface area contributed by atoms with Crippen molar-refractivity contribution in [3.8, 4) is 11.1 Å². The van der Waals surface area contributed by atoms with Crippen molar-refractivity contribution < 1.29 is 0 Å². The number of rotatable bonds is 5. The van der Waals surface area contributed by atoms with Gasteiger partial charge in [-0.3, -0.25) is 0 Å². The highest BCUT2D eigenvalue weighted by atomic mass is 14.5. The second-order valence-electron chi connectivity index (χ2n) is 6.66. The van der Waals surface area contributed by atoms with Gasteiger partial charge in [-0.15, -0.1) is 0 Å². The molecule has 0 N–H and O–H groups in total. The predicted octanol–water partition coefficient (Wildman–Crippen LogP) is 6.86. The van der Waals surface area contributed by atoms with Crippen LogP contribution in [0.5, 0.6) is 0 Å². The Morgan fingerprint density at radius 3 is 1.78 bits per heavy atom. The Hall–Kier alpha value is -3.38. The van der Waals surface area contributed by atoms with E-state index >= 15 is 0 Å². The molecule has 0 saturated heterocycles. The van der Waals surface area contributed by atoms with Gasteiger partial charge in [-0.05, 0) is 33.4 Å². The fraction of sp³-hybridized carbons (Fsp3) is 0.0370. The zero-order chi connectivity index (χ0) is 18.7. The first kappa shape index (κ1) is 17.1. The van der Waals surface area contributed by atoms with E-state index in [4.69, 9.17) is 0 Å². The number of fused-ring (bicyclic) bond motifs is 3. The standard InChI is InChI=1S/C27H22/c1-3-5-14-21(13-4-2)27(22-15-7-6-8-16-22)25-19-11-9-17-23(25)24-18-10-12-20-26(24)27/h3-20H,1-2H2/b14-5-,21-13+. The number of allylic oxidation sites excluding steroid dienone is 6. The fourth-order valence-corrected chi connectivity index (χ4v) is 4.32. The van der Waals surface area contributed by atoms with E-state index in [-0.39, 0.29) is 5.41 Å². The van der Waals surface area contributed by atoms with Crippen LogP contribution in [0.1, 0.15) is 16.7 Å².